The predicted molar refractivity (Wildman–Crippen MR) is 81.4 cm³/mol. The summed E-state index contributed by atoms with van der Waals surface area (Å²) in [6, 6.07) is 6.97. The number of fused-ring (bicyclic) bond motifs is 1. The predicted octanol–water partition coefficient (Wildman–Crippen LogP) is 3.01. The van der Waals surface area contributed by atoms with E-state index in [1.54, 1.807) is 7.11 Å². The van der Waals surface area contributed by atoms with Crippen molar-refractivity contribution in [2.24, 2.45) is 0 Å². The van der Waals surface area contributed by atoms with E-state index in [4.69, 9.17) is 4.74 Å². The van der Waals surface area contributed by atoms with Gasteiger partial charge < -0.3 is 15.0 Å². The van der Waals surface area contributed by atoms with Crippen LogP contribution in [0.1, 0.15) is 38.2 Å². The van der Waals surface area contributed by atoms with E-state index in [0.717, 1.165) is 18.8 Å². The lowest BCUT2D eigenvalue weighted by molar-refractivity contribution is 0.406. The average Bonchev–Trinajstić information content (AvgIpc) is 2.78. The summed E-state index contributed by atoms with van der Waals surface area (Å²) in [5, 5.41) is 3.23. The second-order valence-corrected chi connectivity index (χ2v) is 5.58. The summed E-state index contributed by atoms with van der Waals surface area (Å²) < 4.78 is 5.58. The molecule has 1 aliphatic rings. The fraction of sp³-hybridized carbons (Fsp3) is 0.625. The molecule has 1 N–H and O–H groups in total. The molecule has 3 nitrogen and oxygen atoms in total. The summed E-state index contributed by atoms with van der Waals surface area (Å²) in [7, 11) is 3.79. The van der Waals surface area contributed by atoms with E-state index in [0.29, 0.717) is 12.0 Å². The Hall–Kier alpha value is -1.22. The second kappa shape index (κ2) is 6.29. The van der Waals surface area contributed by atoms with Crippen LogP contribution in [0.3, 0.4) is 0 Å². The van der Waals surface area contributed by atoms with Crippen LogP contribution in [0.2, 0.25) is 0 Å². The molecule has 0 spiro atoms. The first-order valence-corrected chi connectivity index (χ1v) is 7.27. The summed E-state index contributed by atoms with van der Waals surface area (Å²) >= 11 is 0. The molecule has 19 heavy (non-hydrogen) atoms. The van der Waals surface area contributed by atoms with Crippen LogP contribution in [-0.4, -0.2) is 33.3 Å². The molecule has 0 fully saturated rings. The molecular weight excluding hydrogens is 236 g/mol. The minimum atomic E-state index is 0.542. The number of hydrogen-bond acceptors (Lipinski definition) is 3. The first-order valence-electron chi connectivity index (χ1n) is 7.27. The van der Waals surface area contributed by atoms with Crippen LogP contribution < -0.4 is 15.0 Å². The molecule has 1 atom stereocenters. The highest BCUT2D eigenvalue weighted by Gasteiger charge is 2.32. The van der Waals surface area contributed by atoms with Crippen molar-refractivity contribution in [1.29, 1.82) is 0 Å². The van der Waals surface area contributed by atoms with Crippen molar-refractivity contribution < 1.29 is 4.74 Å². The number of methoxy groups -OCH3 is 1. The molecule has 1 aliphatic heterocycles. The monoisotopic (exact) mass is 262 g/mol. The maximum Gasteiger partial charge on any atom is 0.124 e. The van der Waals surface area contributed by atoms with E-state index >= 15 is 0 Å². The molecule has 0 radical (unpaired) electrons. The standard InChI is InChI=1S/C16H26N2O/c1-12(2)18-11-13(7-6-10-17-3)16-14(18)8-5-9-15(16)19-4/h5,8-9,12-13,17H,6-7,10-11H2,1-4H3. The van der Waals surface area contributed by atoms with E-state index in [-0.39, 0.29) is 0 Å². The number of ether oxygens (including phenoxy) is 1. The van der Waals surface area contributed by atoms with Crippen LogP contribution in [0, 0.1) is 0 Å². The Kier molecular flexibility index (Phi) is 4.70. The van der Waals surface area contributed by atoms with Gasteiger partial charge in [0.1, 0.15) is 5.75 Å². The van der Waals surface area contributed by atoms with Gasteiger partial charge in [-0.1, -0.05) is 6.07 Å². The van der Waals surface area contributed by atoms with Crippen molar-refractivity contribution in [3.63, 3.8) is 0 Å². The lowest BCUT2D eigenvalue weighted by atomic mass is 9.95. The Labute approximate surface area is 116 Å². The number of hydrogen-bond donors (Lipinski definition) is 1. The quantitative estimate of drug-likeness (QED) is 0.798. The molecule has 0 saturated heterocycles. The van der Waals surface area contributed by atoms with Gasteiger partial charge >= 0.3 is 0 Å². The molecule has 1 aromatic carbocycles. The molecule has 0 amide bonds. The van der Waals surface area contributed by atoms with Gasteiger partial charge in [0.2, 0.25) is 0 Å². The van der Waals surface area contributed by atoms with Gasteiger partial charge in [0.25, 0.3) is 0 Å². The van der Waals surface area contributed by atoms with Crippen LogP contribution in [0.15, 0.2) is 18.2 Å². The lowest BCUT2D eigenvalue weighted by Gasteiger charge is -2.24. The lowest BCUT2D eigenvalue weighted by Crippen LogP contribution is -2.29. The Morgan fingerprint density at radius 1 is 1.42 bits per heavy atom. The highest BCUT2D eigenvalue weighted by molar-refractivity contribution is 5.65. The number of rotatable bonds is 6. The Bertz CT molecular complexity index is 417. The summed E-state index contributed by atoms with van der Waals surface area (Å²) in [6.45, 7) is 6.73. The molecule has 1 heterocycles. The molecule has 1 aromatic rings. The van der Waals surface area contributed by atoms with Crippen molar-refractivity contribution in [1.82, 2.24) is 5.32 Å². The molecule has 0 aliphatic carbocycles. The number of anilines is 1. The zero-order valence-electron chi connectivity index (χ0n) is 12.6. The molecule has 0 bridgehead atoms. The van der Waals surface area contributed by atoms with Crippen LogP contribution in [0.25, 0.3) is 0 Å². The van der Waals surface area contributed by atoms with Crippen molar-refractivity contribution in [3.8, 4) is 5.75 Å². The van der Waals surface area contributed by atoms with E-state index in [1.807, 2.05) is 7.05 Å². The third kappa shape index (κ3) is 2.86. The van der Waals surface area contributed by atoms with Gasteiger partial charge in [-0.15, -0.1) is 0 Å². The number of nitrogens with one attached hydrogen (secondary N) is 1. The van der Waals surface area contributed by atoms with E-state index < -0.39 is 0 Å². The first kappa shape index (κ1) is 14.2. The highest BCUT2D eigenvalue weighted by atomic mass is 16.5. The SMILES string of the molecule is CNCCCC1CN(C(C)C)c2cccc(OC)c21. The second-order valence-electron chi connectivity index (χ2n) is 5.58. The Balaban J connectivity index is 2.26. The zero-order chi connectivity index (χ0) is 13.8. The molecule has 106 valence electrons. The van der Waals surface area contributed by atoms with Crippen LogP contribution in [0.5, 0.6) is 5.75 Å². The van der Waals surface area contributed by atoms with Crippen molar-refractivity contribution in [3.05, 3.63) is 23.8 Å². The molecule has 0 aromatic heterocycles. The highest BCUT2D eigenvalue weighted by Crippen LogP contribution is 2.44. The largest absolute Gasteiger partial charge is 0.496 e. The fourth-order valence-electron chi connectivity index (χ4n) is 3.05. The third-order valence-electron chi connectivity index (χ3n) is 4.00. The molecule has 0 saturated carbocycles. The van der Waals surface area contributed by atoms with Crippen LogP contribution in [0.4, 0.5) is 5.69 Å². The first-order chi connectivity index (χ1) is 9.19. The average molecular weight is 262 g/mol. The normalized spacial score (nSPS) is 17.9. The van der Waals surface area contributed by atoms with Crippen LogP contribution >= 0.6 is 0 Å². The zero-order valence-corrected chi connectivity index (χ0v) is 12.6. The minimum Gasteiger partial charge on any atom is -0.496 e. The molecule has 3 heteroatoms. The van der Waals surface area contributed by atoms with Gasteiger partial charge in [-0.3, -0.25) is 0 Å². The van der Waals surface area contributed by atoms with Gasteiger partial charge in [0, 0.05) is 29.8 Å². The Morgan fingerprint density at radius 2 is 2.21 bits per heavy atom. The smallest absolute Gasteiger partial charge is 0.124 e. The maximum atomic E-state index is 5.58. The fourth-order valence-corrected chi connectivity index (χ4v) is 3.05. The molecule has 2 rings (SSSR count). The molecule has 1 unspecified atom stereocenters. The van der Waals surface area contributed by atoms with Crippen molar-refractivity contribution >= 4 is 5.69 Å². The van der Waals surface area contributed by atoms with E-state index in [1.165, 1.54) is 24.1 Å². The van der Waals surface area contributed by atoms with E-state index in [2.05, 4.69) is 42.3 Å². The van der Waals surface area contributed by atoms with Gasteiger partial charge in [0.15, 0.2) is 0 Å². The minimum absolute atomic E-state index is 0.542. The summed E-state index contributed by atoms with van der Waals surface area (Å²) in [5.74, 6) is 1.65. The van der Waals surface area contributed by atoms with Crippen LogP contribution in [-0.2, 0) is 0 Å². The number of nitrogens with zero attached hydrogens (tertiary/aromatic N) is 1. The van der Waals surface area contributed by atoms with Gasteiger partial charge in [0.05, 0.1) is 7.11 Å². The maximum absolute atomic E-state index is 5.58. The Morgan fingerprint density at radius 3 is 2.84 bits per heavy atom. The third-order valence-corrected chi connectivity index (χ3v) is 4.00. The van der Waals surface area contributed by atoms with Gasteiger partial charge in [-0.25, -0.2) is 0 Å². The van der Waals surface area contributed by atoms with Crippen molar-refractivity contribution in [2.45, 2.75) is 38.6 Å². The number of benzene rings is 1. The summed E-state index contributed by atoms with van der Waals surface area (Å²) in [5.41, 5.74) is 2.78. The molecular formula is C16H26N2O. The topological polar surface area (TPSA) is 24.5 Å². The van der Waals surface area contributed by atoms with Gasteiger partial charge in [-0.2, -0.15) is 0 Å². The summed E-state index contributed by atoms with van der Waals surface area (Å²) in [6.07, 6.45) is 2.43. The van der Waals surface area contributed by atoms with E-state index in [9.17, 15) is 0 Å². The van der Waals surface area contributed by atoms with Crippen molar-refractivity contribution in [2.75, 3.05) is 32.1 Å². The summed E-state index contributed by atoms with van der Waals surface area (Å²) in [4.78, 5) is 2.50. The van der Waals surface area contributed by atoms with Gasteiger partial charge in [-0.05, 0) is 52.4 Å².